The Morgan fingerprint density at radius 2 is 2.10 bits per heavy atom. The second-order valence-electron chi connectivity index (χ2n) is 1.88. The Bertz CT molecular complexity index is 281. The van der Waals surface area contributed by atoms with Crippen LogP contribution in [0.3, 0.4) is 0 Å². The average Bonchev–Trinajstić information content (AvgIpc) is 2.04. The van der Waals surface area contributed by atoms with Crippen LogP contribution in [-0.2, 0) is 0 Å². The lowest BCUT2D eigenvalue weighted by Crippen LogP contribution is -1.84. The van der Waals surface area contributed by atoms with Crippen LogP contribution in [0.5, 0.6) is 0 Å². The van der Waals surface area contributed by atoms with Crippen molar-refractivity contribution in [1.82, 2.24) is 0 Å². The maximum absolute atomic E-state index is 6.97. The molecule has 0 aliphatic heterocycles. The molecule has 1 N–H and O–H groups in total. The third-order valence-electron chi connectivity index (χ3n) is 1.27. The molecule has 0 spiro atoms. The zero-order valence-corrected chi connectivity index (χ0v) is 5.46. The Morgan fingerprint density at radius 1 is 1.40 bits per heavy atom. The Kier molecular flexibility index (Phi) is 1.86. The molecule has 0 amide bonds. The molecule has 10 heavy (non-hydrogen) atoms. The van der Waals surface area contributed by atoms with Crippen LogP contribution in [0.15, 0.2) is 24.3 Å². The first-order chi connectivity index (χ1) is 4.88. The van der Waals surface area contributed by atoms with E-state index in [-0.39, 0.29) is 0 Å². The summed E-state index contributed by atoms with van der Waals surface area (Å²) in [6.07, 6.45) is 6.43. The molecule has 0 aliphatic carbocycles. The fraction of sp³-hybridized carbons (Fsp3) is 0. The number of rotatable bonds is 1. The van der Waals surface area contributed by atoms with Crippen LogP contribution in [0.1, 0.15) is 11.1 Å². The van der Waals surface area contributed by atoms with E-state index in [9.17, 15) is 0 Å². The maximum Gasteiger partial charge on any atom is 0.0330 e. The third kappa shape index (κ3) is 1.06. The number of benzene rings is 1. The van der Waals surface area contributed by atoms with Crippen LogP contribution in [-0.4, -0.2) is 6.21 Å². The summed E-state index contributed by atoms with van der Waals surface area (Å²) in [5.41, 5.74) is 1.57. The SMILES string of the molecule is C#Cc1ccccc1C=N. The zero-order chi connectivity index (χ0) is 7.40. The molecule has 0 saturated heterocycles. The van der Waals surface area contributed by atoms with Gasteiger partial charge in [-0.2, -0.15) is 0 Å². The van der Waals surface area contributed by atoms with Gasteiger partial charge in [-0.1, -0.05) is 24.1 Å². The lowest BCUT2D eigenvalue weighted by atomic mass is 10.1. The summed E-state index contributed by atoms with van der Waals surface area (Å²) in [5.74, 6) is 2.50. The Hall–Kier alpha value is -1.55. The normalized spacial score (nSPS) is 8.30. The lowest BCUT2D eigenvalue weighted by Gasteiger charge is -1.93. The van der Waals surface area contributed by atoms with Crippen molar-refractivity contribution in [2.24, 2.45) is 0 Å². The molecule has 0 bridgehead atoms. The summed E-state index contributed by atoms with van der Waals surface area (Å²) in [6, 6.07) is 7.37. The molecular weight excluding hydrogens is 122 g/mol. The highest BCUT2D eigenvalue weighted by molar-refractivity contribution is 5.80. The lowest BCUT2D eigenvalue weighted by molar-refractivity contribution is 1.52. The molecule has 0 aromatic heterocycles. The number of terminal acetylenes is 1. The van der Waals surface area contributed by atoms with Crippen molar-refractivity contribution in [3.63, 3.8) is 0 Å². The second-order valence-corrected chi connectivity index (χ2v) is 1.88. The molecule has 1 rings (SSSR count). The number of hydrogen-bond acceptors (Lipinski definition) is 1. The van der Waals surface area contributed by atoms with Gasteiger partial charge < -0.3 is 5.41 Å². The van der Waals surface area contributed by atoms with Gasteiger partial charge in [0.05, 0.1) is 0 Å². The molecule has 1 heteroatoms. The highest BCUT2D eigenvalue weighted by Gasteiger charge is 1.91. The van der Waals surface area contributed by atoms with Crippen molar-refractivity contribution in [2.75, 3.05) is 0 Å². The Balaban J connectivity index is 3.24. The Morgan fingerprint density at radius 3 is 2.60 bits per heavy atom. The second kappa shape index (κ2) is 2.84. The van der Waals surface area contributed by atoms with Crippen molar-refractivity contribution in [1.29, 1.82) is 5.41 Å². The van der Waals surface area contributed by atoms with E-state index in [1.807, 2.05) is 24.3 Å². The highest BCUT2D eigenvalue weighted by Crippen LogP contribution is 2.02. The van der Waals surface area contributed by atoms with Crippen LogP contribution >= 0.6 is 0 Å². The molecule has 1 aromatic carbocycles. The van der Waals surface area contributed by atoms with Gasteiger partial charge in [-0.15, -0.1) is 6.42 Å². The van der Waals surface area contributed by atoms with Gasteiger partial charge in [-0.3, -0.25) is 0 Å². The minimum absolute atomic E-state index is 0.775. The van der Waals surface area contributed by atoms with Crippen LogP contribution in [0.4, 0.5) is 0 Å². The fourth-order valence-electron chi connectivity index (χ4n) is 0.754. The summed E-state index contributed by atoms with van der Waals surface area (Å²) in [7, 11) is 0. The zero-order valence-electron chi connectivity index (χ0n) is 5.46. The number of hydrogen-bond donors (Lipinski definition) is 1. The van der Waals surface area contributed by atoms with Gasteiger partial charge in [0, 0.05) is 17.3 Å². The number of nitrogens with one attached hydrogen (secondary N) is 1. The monoisotopic (exact) mass is 129 g/mol. The summed E-state index contributed by atoms with van der Waals surface area (Å²) >= 11 is 0. The quantitative estimate of drug-likeness (QED) is 0.440. The first kappa shape index (κ1) is 6.57. The molecule has 0 radical (unpaired) electrons. The molecular formula is C9H7N. The summed E-state index contributed by atoms with van der Waals surface area (Å²) in [4.78, 5) is 0. The minimum Gasteiger partial charge on any atom is -0.308 e. The van der Waals surface area contributed by atoms with E-state index in [2.05, 4.69) is 5.92 Å². The van der Waals surface area contributed by atoms with E-state index in [1.165, 1.54) is 6.21 Å². The molecule has 0 atom stereocenters. The van der Waals surface area contributed by atoms with Crippen LogP contribution in [0.2, 0.25) is 0 Å². The first-order valence-electron chi connectivity index (χ1n) is 2.94. The van der Waals surface area contributed by atoms with E-state index < -0.39 is 0 Å². The molecule has 0 heterocycles. The third-order valence-corrected chi connectivity index (χ3v) is 1.27. The van der Waals surface area contributed by atoms with Gasteiger partial charge in [0.25, 0.3) is 0 Å². The van der Waals surface area contributed by atoms with Crippen LogP contribution in [0, 0.1) is 17.8 Å². The van der Waals surface area contributed by atoms with Gasteiger partial charge >= 0.3 is 0 Å². The average molecular weight is 129 g/mol. The molecule has 0 saturated carbocycles. The summed E-state index contributed by atoms with van der Waals surface area (Å²) < 4.78 is 0. The standard InChI is InChI=1S/C9H7N/c1-2-8-5-3-4-6-9(8)7-10/h1,3-7,10H. The van der Waals surface area contributed by atoms with Crippen molar-refractivity contribution < 1.29 is 0 Å². The molecule has 1 aromatic rings. The van der Waals surface area contributed by atoms with Crippen molar-refractivity contribution >= 4 is 6.21 Å². The summed E-state index contributed by atoms with van der Waals surface area (Å²) in [6.45, 7) is 0. The van der Waals surface area contributed by atoms with Gasteiger partial charge in [-0.25, -0.2) is 0 Å². The first-order valence-corrected chi connectivity index (χ1v) is 2.94. The van der Waals surface area contributed by atoms with Gasteiger partial charge in [0.15, 0.2) is 0 Å². The van der Waals surface area contributed by atoms with Gasteiger partial charge in [0.1, 0.15) is 0 Å². The van der Waals surface area contributed by atoms with Crippen LogP contribution in [0.25, 0.3) is 0 Å². The van der Waals surface area contributed by atoms with Crippen molar-refractivity contribution in [2.45, 2.75) is 0 Å². The van der Waals surface area contributed by atoms with E-state index in [0.29, 0.717) is 0 Å². The predicted molar refractivity (Wildman–Crippen MR) is 42.3 cm³/mol. The summed E-state index contributed by atoms with van der Waals surface area (Å²) in [5, 5.41) is 6.97. The van der Waals surface area contributed by atoms with Gasteiger partial charge in [-0.05, 0) is 6.07 Å². The largest absolute Gasteiger partial charge is 0.308 e. The molecule has 0 fully saturated rings. The predicted octanol–water partition coefficient (Wildman–Crippen LogP) is 1.67. The Labute approximate surface area is 60.2 Å². The van der Waals surface area contributed by atoms with Crippen molar-refractivity contribution in [3.8, 4) is 12.3 Å². The molecule has 48 valence electrons. The topological polar surface area (TPSA) is 23.9 Å². The van der Waals surface area contributed by atoms with Crippen molar-refractivity contribution in [3.05, 3.63) is 35.4 Å². The van der Waals surface area contributed by atoms with E-state index >= 15 is 0 Å². The molecule has 0 unspecified atom stereocenters. The van der Waals surface area contributed by atoms with Gasteiger partial charge in [0.2, 0.25) is 0 Å². The molecule has 1 nitrogen and oxygen atoms in total. The van der Waals surface area contributed by atoms with E-state index in [4.69, 9.17) is 11.8 Å². The molecule has 0 aliphatic rings. The van der Waals surface area contributed by atoms with E-state index in [0.717, 1.165) is 11.1 Å². The van der Waals surface area contributed by atoms with Crippen LogP contribution < -0.4 is 0 Å². The maximum atomic E-state index is 6.97. The van der Waals surface area contributed by atoms with E-state index in [1.54, 1.807) is 0 Å². The minimum atomic E-state index is 0.775. The fourth-order valence-corrected chi connectivity index (χ4v) is 0.754. The smallest absolute Gasteiger partial charge is 0.0330 e. The highest BCUT2D eigenvalue weighted by atomic mass is 14.3.